The van der Waals surface area contributed by atoms with Gasteiger partial charge in [0.15, 0.2) is 0 Å². The molecule has 1 atom stereocenters. The lowest BCUT2D eigenvalue weighted by Gasteiger charge is -2.33. The van der Waals surface area contributed by atoms with Gasteiger partial charge in [-0.1, -0.05) is 55.3 Å². The Hall–Kier alpha value is -3.50. The molecule has 224 valence electrons. The highest BCUT2D eigenvalue weighted by molar-refractivity contribution is 7.98. The number of thioether (sulfide) groups is 1. The molecule has 1 fully saturated rings. The molecule has 1 N–H and O–H groups in total. The van der Waals surface area contributed by atoms with Gasteiger partial charge < -0.3 is 15.0 Å². The molecule has 0 saturated heterocycles. The van der Waals surface area contributed by atoms with Gasteiger partial charge in [0.2, 0.25) is 11.8 Å². The summed E-state index contributed by atoms with van der Waals surface area (Å²) in [6.45, 7) is 3.47. The molecule has 1 unspecified atom stereocenters. The highest BCUT2D eigenvalue weighted by Gasteiger charge is 2.34. The third kappa shape index (κ3) is 7.66. The molecule has 1 saturated carbocycles. The fourth-order valence-corrected chi connectivity index (χ4v) is 6.92. The van der Waals surface area contributed by atoms with Crippen molar-refractivity contribution in [2.24, 2.45) is 0 Å². The van der Waals surface area contributed by atoms with E-state index in [1.54, 1.807) is 55.5 Å². The second-order valence-corrected chi connectivity index (χ2v) is 13.0. The molecule has 0 heterocycles. The number of nitrogens with one attached hydrogen (secondary N) is 1. The lowest BCUT2D eigenvalue weighted by Crippen LogP contribution is -2.52. The Kier molecular flexibility index (Phi) is 10.9. The number of benzene rings is 3. The van der Waals surface area contributed by atoms with Gasteiger partial charge >= 0.3 is 0 Å². The molecular formula is C32H39N3O5S2. The Morgan fingerprint density at radius 3 is 2.26 bits per heavy atom. The van der Waals surface area contributed by atoms with Gasteiger partial charge in [-0.3, -0.25) is 13.9 Å². The number of carbonyl (C=O) groups is 2. The number of anilines is 1. The van der Waals surface area contributed by atoms with Crippen LogP contribution in [-0.4, -0.2) is 56.6 Å². The second kappa shape index (κ2) is 14.6. The van der Waals surface area contributed by atoms with Crippen LogP contribution in [0.3, 0.4) is 0 Å². The van der Waals surface area contributed by atoms with Crippen molar-refractivity contribution in [3.63, 3.8) is 0 Å². The van der Waals surface area contributed by atoms with E-state index >= 15 is 0 Å². The van der Waals surface area contributed by atoms with E-state index < -0.39 is 28.5 Å². The summed E-state index contributed by atoms with van der Waals surface area (Å²) < 4.78 is 35.2. The Bertz CT molecular complexity index is 1440. The van der Waals surface area contributed by atoms with Crippen molar-refractivity contribution in [3.05, 3.63) is 84.4 Å². The molecule has 42 heavy (non-hydrogen) atoms. The Morgan fingerprint density at radius 2 is 1.62 bits per heavy atom. The van der Waals surface area contributed by atoms with Crippen LogP contribution in [0.2, 0.25) is 0 Å². The fourth-order valence-electron chi connectivity index (χ4n) is 5.08. The zero-order valence-electron chi connectivity index (χ0n) is 24.4. The van der Waals surface area contributed by atoms with Crippen LogP contribution < -0.4 is 14.4 Å². The lowest BCUT2D eigenvalue weighted by atomic mass is 10.1. The summed E-state index contributed by atoms with van der Waals surface area (Å²) in [7, 11) is -4.19. The van der Waals surface area contributed by atoms with Crippen LogP contribution in [0.15, 0.2) is 88.7 Å². The average Bonchev–Trinajstić information content (AvgIpc) is 3.52. The summed E-state index contributed by atoms with van der Waals surface area (Å²) in [5.41, 5.74) is 1.09. The first-order valence-corrected chi connectivity index (χ1v) is 16.9. The lowest BCUT2D eigenvalue weighted by molar-refractivity contribution is -0.139. The van der Waals surface area contributed by atoms with E-state index in [9.17, 15) is 18.0 Å². The maximum Gasteiger partial charge on any atom is 0.264 e. The third-order valence-electron chi connectivity index (χ3n) is 7.42. The highest BCUT2D eigenvalue weighted by Crippen LogP contribution is 2.33. The SMILES string of the molecule is CCOc1ccccc1N(CC(=O)N(Cc1ccccc1)C(C)C(=O)NC1CCCC1)S(=O)(=O)c1ccc(SC)cc1. The van der Waals surface area contributed by atoms with E-state index in [4.69, 9.17) is 4.74 Å². The minimum absolute atomic E-state index is 0.0565. The number of para-hydroxylation sites is 2. The van der Waals surface area contributed by atoms with E-state index in [1.165, 1.54) is 16.7 Å². The molecular weight excluding hydrogens is 571 g/mol. The number of nitrogens with zero attached hydrogens (tertiary/aromatic N) is 2. The molecule has 0 spiro atoms. The van der Waals surface area contributed by atoms with E-state index in [-0.39, 0.29) is 29.1 Å². The first-order chi connectivity index (χ1) is 20.2. The molecule has 2 amide bonds. The van der Waals surface area contributed by atoms with Gasteiger partial charge in [0, 0.05) is 17.5 Å². The van der Waals surface area contributed by atoms with Gasteiger partial charge in [0.1, 0.15) is 18.3 Å². The molecule has 10 heteroatoms. The summed E-state index contributed by atoms with van der Waals surface area (Å²) in [4.78, 5) is 29.9. The minimum Gasteiger partial charge on any atom is -0.492 e. The van der Waals surface area contributed by atoms with Gasteiger partial charge in [-0.05, 0) is 74.9 Å². The predicted molar refractivity (Wildman–Crippen MR) is 167 cm³/mol. The molecule has 3 aromatic carbocycles. The van der Waals surface area contributed by atoms with Crippen molar-refractivity contribution in [2.45, 2.75) is 68.0 Å². The van der Waals surface area contributed by atoms with Crippen LogP contribution in [0.4, 0.5) is 5.69 Å². The minimum atomic E-state index is -4.19. The van der Waals surface area contributed by atoms with Crippen LogP contribution in [0.25, 0.3) is 0 Å². The first-order valence-electron chi connectivity index (χ1n) is 14.3. The van der Waals surface area contributed by atoms with Gasteiger partial charge in [-0.15, -0.1) is 11.8 Å². The van der Waals surface area contributed by atoms with Crippen molar-refractivity contribution in [3.8, 4) is 5.75 Å². The van der Waals surface area contributed by atoms with Crippen molar-refractivity contribution >= 4 is 39.3 Å². The molecule has 0 aromatic heterocycles. The number of hydrogen-bond acceptors (Lipinski definition) is 6. The van der Waals surface area contributed by atoms with Crippen molar-refractivity contribution in [1.82, 2.24) is 10.2 Å². The Balaban J connectivity index is 1.71. The van der Waals surface area contributed by atoms with Crippen LogP contribution in [0.5, 0.6) is 5.75 Å². The van der Waals surface area contributed by atoms with Crippen molar-refractivity contribution < 1.29 is 22.7 Å². The fraction of sp³-hybridized carbons (Fsp3) is 0.375. The third-order valence-corrected chi connectivity index (χ3v) is 9.94. The predicted octanol–water partition coefficient (Wildman–Crippen LogP) is 5.48. The van der Waals surface area contributed by atoms with Crippen LogP contribution in [0, 0.1) is 0 Å². The monoisotopic (exact) mass is 609 g/mol. The maximum absolute atomic E-state index is 14.2. The van der Waals surface area contributed by atoms with Gasteiger partial charge in [-0.2, -0.15) is 0 Å². The molecule has 0 radical (unpaired) electrons. The quantitative estimate of drug-likeness (QED) is 0.258. The van der Waals surface area contributed by atoms with E-state index in [0.29, 0.717) is 12.4 Å². The van der Waals surface area contributed by atoms with Crippen LogP contribution >= 0.6 is 11.8 Å². The zero-order valence-corrected chi connectivity index (χ0v) is 26.0. The van der Waals surface area contributed by atoms with E-state index in [0.717, 1.165) is 40.4 Å². The normalized spacial score (nSPS) is 14.3. The van der Waals surface area contributed by atoms with E-state index in [2.05, 4.69) is 5.32 Å². The van der Waals surface area contributed by atoms with Gasteiger partial charge in [0.25, 0.3) is 10.0 Å². The van der Waals surface area contributed by atoms with Crippen LogP contribution in [-0.2, 0) is 26.2 Å². The zero-order chi connectivity index (χ0) is 30.1. The second-order valence-electron chi connectivity index (χ2n) is 10.3. The summed E-state index contributed by atoms with van der Waals surface area (Å²) in [5.74, 6) is -0.398. The smallest absolute Gasteiger partial charge is 0.264 e. The maximum atomic E-state index is 14.2. The Labute approximate surface area is 253 Å². The summed E-state index contributed by atoms with van der Waals surface area (Å²) >= 11 is 1.51. The average molecular weight is 610 g/mol. The molecule has 1 aliphatic carbocycles. The molecule has 1 aliphatic rings. The molecule has 0 bridgehead atoms. The standard InChI is InChI=1S/C32H39N3O5S2/c1-4-40-30-17-11-10-16-29(30)35(42(38,39)28-20-18-27(41-3)19-21-28)23-31(36)34(22-25-12-6-5-7-13-25)24(2)32(37)33-26-14-8-9-15-26/h5-7,10-13,16-21,24,26H,4,8-9,14-15,22-23H2,1-3H3,(H,33,37). The number of carbonyl (C=O) groups excluding carboxylic acids is 2. The number of hydrogen-bond donors (Lipinski definition) is 1. The topological polar surface area (TPSA) is 96.0 Å². The number of sulfonamides is 1. The first kappa shape index (κ1) is 31.4. The largest absolute Gasteiger partial charge is 0.492 e. The van der Waals surface area contributed by atoms with E-state index in [1.807, 2.05) is 43.5 Å². The van der Waals surface area contributed by atoms with Crippen molar-refractivity contribution in [1.29, 1.82) is 0 Å². The van der Waals surface area contributed by atoms with Crippen molar-refractivity contribution in [2.75, 3.05) is 23.7 Å². The molecule has 3 aromatic rings. The number of amides is 2. The van der Waals surface area contributed by atoms with Gasteiger partial charge in [-0.25, -0.2) is 8.42 Å². The summed E-state index contributed by atoms with van der Waals surface area (Å²) in [6.07, 6.45) is 5.88. The van der Waals surface area contributed by atoms with Gasteiger partial charge in [0.05, 0.1) is 17.2 Å². The molecule has 0 aliphatic heterocycles. The Morgan fingerprint density at radius 1 is 0.976 bits per heavy atom. The molecule has 4 rings (SSSR count). The summed E-state index contributed by atoms with van der Waals surface area (Å²) in [5, 5.41) is 3.09. The summed E-state index contributed by atoms with van der Waals surface area (Å²) in [6, 6.07) is 22.0. The number of ether oxygens (including phenoxy) is 1. The molecule has 8 nitrogen and oxygen atoms in total. The van der Waals surface area contributed by atoms with Crippen LogP contribution in [0.1, 0.15) is 45.1 Å². The highest BCUT2D eigenvalue weighted by atomic mass is 32.2. The number of rotatable bonds is 13.